The number of hydrogen-bond donors (Lipinski definition) is 2. The van der Waals surface area contributed by atoms with Crippen LogP contribution in [0.25, 0.3) is 0 Å². The van der Waals surface area contributed by atoms with E-state index in [1.165, 1.54) is 48.5 Å². The maximum Gasteiger partial charge on any atom is 0.313 e. The van der Waals surface area contributed by atoms with Gasteiger partial charge in [-0.2, -0.15) is 0 Å². The number of carbonyl (C=O) groups excluding carboxylic acids is 2. The van der Waals surface area contributed by atoms with Gasteiger partial charge in [0.2, 0.25) is 5.78 Å². The van der Waals surface area contributed by atoms with Gasteiger partial charge in [0, 0.05) is 18.1 Å². The van der Waals surface area contributed by atoms with Gasteiger partial charge in [0.15, 0.2) is 0 Å². The Morgan fingerprint density at radius 3 is 2.46 bits per heavy atom. The minimum absolute atomic E-state index is 0.0835. The van der Waals surface area contributed by atoms with E-state index in [2.05, 4.69) is 0 Å². The molecule has 0 radical (unpaired) electrons. The van der Waals surface area contributed by atoms with Gasteiger partial charge in [-0.15, -0.1) is 0 Å². The van der Waals surface area contributed by atoms with Crippen molar-refractivity contribution in [2.75, 3.05) is 7.05 Å². The molecule has 9 heteroatoms. The second-order valence-electron chi connectivity index (χ2n) is 5.57. The first kappa shape index (κ1) is 19.5. The van der Waals surface area contributed by atoms with Crippen molar-refractivity contribution in [2.24, 2.45) is 0 Å². The van der Waals surface area contributed by atoms with E-state index in [4.69, 9.17) is 16.8 Å². The van der Waals surface area contributed by atoms with Crippen molar-refractivity contribution in [1.29, 1.82) is 0 Å². The number of aliphatic hydroxyl groups is 1. The van der Waals surface area contributed by atoms with E-state index in [1.54, 1.807) is 0 Å². The average molecular weight is 379 g/mol. The predicted octanol–water partition coefficient (Wildman–Crippen LogP) is 2.29. The molecule has 1 atom stereocenters. The third-order valence-corrected chi connectivity index (χ3v) is 4.03. The van der Waals surface area contributed by atoms with Crippen molar-refractivity contribution in [3.63, 3.8) is 0 Å². The number of nitrogens with zero attached hydrogens (tertiary/aromatic N) is 2. The summed E-state index contributed by atoms with van der Waals surface area (Å²) in [6.07, 6.45) is -0.818. The summed E-state index contributed by atoms with van der Waals surface area (Å²) >= 11 is 5.95. The van der Waals surface area contributed by atoms with Gasteiger partial charge >= 0.3 is 5.91 Å². The van der Waals surface area contributed by atoms with Gasteiger partial charge in [-0.25, -0.2) is 5.06 Å². The zero-order valence-electron chi connectivity index (χ0n) is 13.6. The third kappa shape index (κ3) is 3.88. The first-order chi connectivity index (χ1) is 12.2. The lowest BCUT2D eigenvalue weighted by atomic mass is 9.81. The normalized spacial score (nSPS) is 12.9. The van der Waals surface area contributed by atoms with Gasteiger partial charge < -0.3 is 5.11 Å². The number of nitro benzene ring substituents is 1. The van der Waals surface area contributed by atoms with Gasteiger partial charge in [-0.05, 0) is 23.8 Å². The number of carbonyl (C=O) groups is 2. The minimum Gasteiger partial charge on any atom is -0.380 e. The Morgan fingerprint density at radius 2 is 1.88 bits per heavy atom. The van der Waals surface area contributed by atoms with Crippen LogP contribution >= 0.6 is 11.6 Å². The molecular weight excluding hydrogens is 364 g/mol. The molecule has 0 bridgehead atoms. The third-order valence-electron chi connectivity index (χ3n) is 3.80. The van der Waals surface area contributed by atoms with Crippen molar-refractivity contribution in [3.8, 4) is 0 Å². The van der Waals surface area contributed by atoms with Crippen LogP contribution in [-0.2, 0) is 15.2 Å². The summed E-state index contributed by atoms with van der Waals surface area (Å²) < 4.78 is 0. The Kier molecular flexibility index (Phi) is 5.71. The van der Waals surface area contributed by atoms with E-state index < -0.39 is 34.3 Å². The fourth-order valence-corrected chi connectivity index (χ4v) is 2.76. The summed E-state index contributed by atoms with van der Waals surface area (Å²) in [6.45, 7) is 0. The number of ketones is 1. The molecule has 0 aliphatic rings. The summed E-state index contributed by atoms with van der Waals surface area (Å²) in [6, 6.07) is 11.1. The molecule has 136 valence electrons. The lowest BCUT2D eigenvalue weighted by molar-refractivity contribution is -0.386. The molecule has 26 heavy (non-hydrogen) atoms. The second kappa shape index (κ2) is 7.61. The van der Waals surface area contributed by atoms with E-state index in [9.17, 15) is 24.8 Å². The lowest BCUT2D eigenvalue weighted by Gasteiger charge is -2.28. The Bertz CT molecular complexity index is 870. The summed E-state index contributed by atoms with van der Waals surface area (Å²) in [5.74, 6) is -2.39. The Labute approximate surface area is 153 Å². The highest BCUT2D eigenvalue weighted by Crippen LogP contribution is 2.39. The molecule has 0 aliphatic heterocycles. The fourth-order valence-electron chi connectivity index (χ4n) is 2.57. The van der Waals surface area contributed by atoms with Crippen molar-refractivity contribution >= 4 is 29.0 Å². The zero-order chi connectivity index (χ0) is 19.5. The Morgan fingerprint density at radius 1 is 1.23 bits per heavy atom. The van der Waals surface area contributed by atoms with Crippen LogP contribution < -0.4 is 0 Å². The SMILES string of the molecule is CN(O)C(=O)C(=O)CC(O)(c1cccc(Cl)c1)c1ccccc1[N+](=O)[O-]. The molecule has 0 saturated carbocycles. The van der Waals surface area contributed by atoms with Crippen LogP contribution in [0.3, 0.4) is 0 Å². The number of hydrogen-bond acceptors (Lipinski definition) is 6. The summed E-state index contributed by atoms with van der Waals surface area (Å²) in [5.41, 5.74) is -2.69. The van der Waals surface area contributed by atoms with Crippen LogP contribution in [0.1, 0.15) is 17.5 Å². The van der Waals surface area contributed by atoms with Gasteiger partial charge in [0.25, 0.3) is 5.69 Å². The van der Waals surface area contributed by atoms with Crippen molar-refractivity contribution in [3.05, 3.63) is 74.8 Å². The van der Waals surface area contributed by atoms with Crippen LogP contribution in [0, 0.1) is 10.1 Å². The lowest BCUT2D eigenvalue weighted by Crippen LogP contribution is -2.38. The maximum absolute atomic E-state index is 12.2. The fraction of sp³-hybridized carbons (Fsp3) is 0.176. The van der Waals surface area contributed by atoms with Gasteiger partial charge in [0.05, 0.1) is 16.9 Å². The van der Waals surface area contributed by atoms with Gasteiger partial charge in [0.1, 0.15) is 5.60 Å². The number of rotatable bonds is 6. The van der Waals surface area contributed by atoms with E-state index in [0.717, 1.165) is 7.05 Å². The molecule has 0 fully saturated rings. The van der Waals surface area contributed by atoms with Crippen LogP contribution in [0.15, 0.2) is 48.5 Å². The van der Waals surface area contributed by atoms with Gasteiger partial charge in [-0.1, -0.05) is 35.9 Å². The summed E-state index contributed by atoms with van der Waals surface area (Å²) in [7, 11) is 0.962. The maximum atomic E-state index is 12.2. The Balaban J connectivity index is 2.65. The highest BCUT2D eigenvalue weighted by molar-refractivity contribution is 6.36. The number of Topliss-reactive ketones (excluding diaryl/α,β-unsaturated/α-hetero) is 1. The predicted molar refractivity (Wildman–Crippen MR) is 91.7 cm³/mol. The van der Waals surface area contributed by atoms with E-state index in [-0.39, 0.29) is 21.2 Å². The molecule has 0 saturated heterocycles. The number of nitro groups is 1. The van der Waals surface area contributed by atoms with Crippen molar-refractivity contribution in [2.45, 2.75) is 12.0 Å². The molecule has 0 aromatic heterocycles. The highest BCUT2D eigenvalue weighted by Gasteiger charge is 2.41. The van der Waals surface area contributed by atoms with Crippen molar-refractivity contribution < 1.29 is 24.8 Å². The highest BCUT2D eigenvalue weighted by atomic mass is 35.5. The standard InChI is InChI=1S/C17H15ClN2O6/c1-19(24)16(22)15(21)10-17(23,11-5-4-6-12(18)9-11)13-7-2-3-8-14(13)20(25)26/h2-9,23-24H,10H2,1H3. The van der Waals surface area contributed by atoms with E-state index in [1.807, 2.05) is 0 Å². The number of amides is 1. The summed E-state index contributed by atoms with van der Waals surface area (Å²) in [5, 5.41) is 32.1. The second-order valence-corrected chi connectivity index (χ2v) is 6.01. The monoisotopic (exact) mass is 378 g/mol. The van der Waals surface area contributed by atoms with Gasteiger partial charge in [-0.3, -0.25) is 24.9 Å². The molecule has 2 rings (SSSR count). The first-order valence-electron chi connectivity index (χ1n) is 7.39. The molecule has 0 aliphatic carbocycles. The Hall–Kier alpha value is -2.81. The van der Waals surface area contributed by atoms with Crippen LogP contribution in [0.4, 0.5) is 5.69 Å². The molecule has 1 amide bonds. The largest absolute Gasteiger partial charge is 0.380 e. The quantitative estimate of drug-likeness (QED) is 0.344. The molecule has 2 aromatic carbocycles. The number of para-hydroxylation sites is 1. The van der Waals surface area contributed by atoms with Crippen molar-refractivity contribution in [1.82, 2.24) is 5.06 Å². The van der Waals surface area contributed by atoms with E-state index in [0.29, 0.717) is 0 Å². The number of halogens is 1. The molecule has 2 aromatic rings. The molecular formula is C17H15ClN2O6. The minimum atomic E-state index is -2.20. The molecule has 0 heterocycles. The van der Waals surface area contributed by atoms with E-state index >= 15 is 0 Å². The van der Waals surface area contributed by atoms with Crippen LogP contribution in [0.5, 0.6) is 0 Å². The molecule has 1 unspecified atom stereocenters. The number of benzene rings is 2. The molecule has 0 spiro atoms. The summed E-state index contributed by atoms with van der Waals surface area (Å²) in [4.78, 5) is 34.6. The topological polar surface area (TPSA) is 121 Å². The smallest absolute Gasteiger partial charge is 0.313 e. The van der Waals surface area contributed by atoms with Crippen LogP contribution in [0.2, 0.25) is 5.02 Å². The average Bonchev–Trinajstić information content (AvgIpc) is 2.60. The molecule has 8 nitrogen and oxygen atoms in total. The molecule has 2 N–H and O–H groups in total. The number of likely N-dealkylation sites (N-methyl/N-ethyl adjacent to an activating group) is 1. The van der Waals surface area contributed by atoms with Crippen LogP contribution in [-0.4, -0.2) is 39.0 Å². The number of hydroxylamine groups is 2. The first-order valence-corrected chi connectivity index (χ1v) is 7.76. The zero-order valence-corrected chi connectivity index (χ0v) is 14.4.